The molecule has 2 heterocycles. The molecule has 1 N–H and O–H groups in total. The third-order valence-corrected chi connectivity index (χ3v) is 3.60. The van der Waals surface area contributed by atoms with Gasteiger partial charge >= 0.3 is 0 Å². The molecule has 0 aliphatic heterocycles. The van der Waals surface area contributed by atoms with Gasteiger partial charge in [-0.1, -0.05) is 36.4 Å². The fourth-order valence-electron chi connectivity index (χ4n) is 2.51. The van der Waals surface area contributed by atoms with Crippen LogP contribution >= 0.6 is 0 Å². The minimum atomic E-state index is -0.126. The number of fused-ring (bicyclic) bond motifs is 1. The summed E-state index contributed by atoms with van der Waals surface area (Å²) in [7, 11) is 1.65. The first kappa shape index (κ1) is 15.2. The highest BCUT2D eigenvalue weighted by molar-refractivity contribution is 5.99. The lowest BCUT2D eigenvalue weighted by molar-refractivity contribution is 0.0943. The molecule has 0 aliphatic carbocycles. The maximum absolute atomic E-state index is 12.7. The molecular formula is C18H19N3O2. The Morgan fingerprint density at radius 2 is 1.96 bits per heavy atom. The maximum Gasteiger partial charge on any atom is 0.270 e. The molecule has 0 atom stereocenters. The van der Waals surface area contributed by atoms with Crippen molar-refractivity contribution in [3.05, 3.63) is 60.4 Å². The minimum Gasteiger partial charge on any atom is -0.385 e. The van der Waals surface area contributed by atoms with Crippen LogP contribution in [0, 0.1) is 0 Å². The van der Waals surface area contributed by atoms with Crippen LogP contribution in [0.4, 0.5) is 0 Å². The van der Waals surface area contributed by atoms with E-state index < -0.39 is 0 Å². The van der Waals surface area contributed by atoms with Gasteiger partial charge in [0.15, 0.2) is 0 Å². The average molecular weight is 309 g/mol. The number of nitrogens with one attached hydrogen (secondary N) is 1. The molecule has 2 aromatic heterocycles. The van der Waals surface area contributed by atoms with Crippen LogP contribution < -0.4 is 5.32 Å². The largest absolute Gasteiger partial charge is 0.385 e. The predicted molar refractivity (Wildman–Crippen MR) is 89.5 cm³/mol. The molecule has 0 spiro atoms. The van der Waals surface area contributed by atoms with E-state index in [4.69, 9.17) is 4.74 Å². The Morgan fingerprint density at radius 1 is 1.17 bits per heavy atom. The van der Waals surface area contributed by atoms with Crippen molar-refractivity contribution in [1.29, 1.82) is 0 Å². The molecule has 0 aliphatic rings. The van der Waals surface area contributed by atoms with Gasteiger partial charge in [-0.3, -0.25) is 9.20 Å². The van der Waals surface area contributed by atoms with Crippen LogP contribution in [0.15, 0.2) is 54.7 Å². The quantitative estimate of drug-likeness (QED) is 0.712. The molecule has 1 amide bonds. The van der Waals surface area contributed by atoms with Crippen LogP contribution in [-0.4, -0.2) is 35.6 Å². The van der Waals surface area contributed by atoms with Crippen molar-refractivity contribution in [1.82, 2.24) is 14.7 Å². The molecule has 0 saturated carbocycles. The summed E-state index contributed by atoms with van der Waals surface area (Å²) in [5, 5.41) is 2.94. The Balaban J connectivity index is 1.98. The summed E-state index contributed by atoms with van der Waals surface area (Å²) >= 11 is 0. The highest BCUT2D eigenvalue weighted by atomic mass is 16.5. The molecule has 5 heteroatoms. The maximum atomic E-state index is 12.7. The second-order valence-corrected chi connectivity index (χ2v) is 5.21. The summed E-state index contributed by atoms with van der Waals surface area (Å²) in [6, 6.07) is 15.5. The van der Waals surface area contributed by atoms with Crippen molar-refractivity contribution in [2.45, 2.75) is 6.42 Å². The SMILES string of the molecule is COCCCNC(=O)c1c(-c2ccccc2)nc2ccccn12. The van der Waals surface area contributed by atoms with Crippen LogP contribution in [0.3, 0.4) is 0 Å². The van der Waals surface area contributed by atoms with Crippen LogP contribution in [0.5, 0.6) is 0 Å². The number of nitrogens with zero attached hydrogens (tertiary/aromatic N) is 2. The third kappa shape index (κ3) is 3.24. The number of hydrogen-bond acceptors (Lipinski definition) is 3. The van der Waals surface area contributed by atoms with Gasteiger partial charge in [0, 0.05) is 32.0 Å². The van der Waals surface area contributed by atoms with Gasteiger partial charge < -0.3 is 10.1 Å². The molecule has 0 saturated heterocycles. The number of hydrogen-bond donors (Lipinski definition) is 1. The van der Waals surface area contributed by atoms with Gasteiger partial charge in [-0.2, -0.15) is 0 Å². The molecule has 0 fully saturated rings. The molecule has 5 nitrogen and oxygen atoms in total. The van der Waals surface area contributed by atoms with E-state index >= 15 is 0 Å². The normalized spacial score (nSPS) is 10.8. The number of carbonyl (C=O) groups is 1. The van der Waals surface area contributed by atoms with E-state index in [0.29, 0.717) is 24.5 Å². The van der Waals surface area contributed by atoms with Gasteiger partial charge in [0.1, 0.15) is 17.0 Å². The molecule has 0 radical (unpaired) electrons. The molecule has 0 bridgehead atoms. The molecular weight excluding hydrogens is 290 g/mol. The molecule has 0 unspecified atom stereocenters. The van der Waals surface area contributed by atoms with Gasteiger partial charge in [-0.25, -0.2) is 4.98 Å². The lowest BCUT2D eigenvalue weighted by atomic mass is 10.1. The second-order valence-electron chi connectivity index (χ2n) is 5.21. The van der Waals surface area contributed by atoms with Crippen LogP contribution in [-0.2, 0) is 4.74 Å². The summed E-state index contributed by atoms with van der Waals surface area (Å²) in [4.78, 5) is 17.3. The van der Waals surface area contributed by atoms with E-state index in [1.54, 1.807) is 7.11 Å². The number of methoxy groups -OCH3 is 1. The van der Waals surface area contributed by atoms with Crippen molar-refractivity contribution in [2.24, 2.45) is 0 Å². The first-order valence-electron chi connectivity index (χ1n) is 7.61. The van der Waals surface area contributed by atoms with Gasteiger partial charge in [-0.05, 0) is 18.6 Å². The predicted octanol–water partition coefficient (Wildman–Crippen LogP) is 2.77. The number of carbonyl (C=O) groups excluding carboxylic acids is 1. The Kier molecular flexibility index (Phi) is 4.68. The number of rotatable bonds is 6. The van der Waals surface area contributed by atoms with E-state index in [9.17, 15) is 4.79 Å². The smallest absolute Gasteiger partial charge is 0.270 e. The molecule has 23 heavy (non-hydrogen) atoms. The second kappa shape index (κ2) is 7.07. The van der Waals surface area contributed by atoms with Gasteiger partial charge in [-0.15, -0.1) is 0 Å². The van der Waals surface area contributed by atoms with Crippen LogP contribution in [0.25, 0.3) is 16.9 Å². The summed E-state index contributed by atoms with van der Waals surface area (Å²) in [6.45, 7) is 1.19. The van der Waals surface area contributed by atoms with E-state index in [1.165, 1.54) is 0 Å². The summed E-state index contributed by atoms with van der Waals surface area (Å²) in [6.07, 6.45) is 2.64. The number of aromatic nitrogens is 2. The lowest BCUT2D eigenvalue weighted by Gasteiger charge is -2.07. The Bertz CT molecular complexity index is 796. The number of imidazole rings is 1. The third-order valence-electron chi connectivity index (χ3n) is 3.60. The lowest BCUT2D eigenvalue weighted by Crippen LogP contribution is -2.27. The summed E-state index contributed by atoms with van der Waals surface area (Å²) < 4.78 is 6.84. The van der Waals surface area contributed by atoms with E-state index in [0.717, 1.165) is 17.6 Å². The molecule has 118 valence electrons. The zero-order chi connectivity index (χ0) is 16.1. The Morgan fingerprint density at radius 3 is 2.74 bits per heavy atom. The molecule has 3 rings (SSSR count). The van der Waals surface area contributed by atoms with Gasteiger partial charge in [0.25, 0.3) is 5.91 Å². The first-order chi connectivity index (χ1) is 11.3. The fraction of sp³-hybridized carbons (Fsp3) is 0.222. The van der Waals surface area contributed by atoms with Crippen molar-refractivity contribution in [3.8, 4) is 11.3 Å². The number of ether oxygens (including phenoxy) is 1. The van der Waals surface area contributed by atoms with E-state index in [1.807, 2.05) is 59.1 Å². The zero-order valence-corrected chi connectivity index (χ0v) is 13.0. The fourth-order valence-corrected chi connectivity index (χ4v) is 2.51. The van der Waals surface area contributed by atoms with Crippen molar-refractivity contribution in [3.63, 3.8) is 0 Å². The first-order valence-corrected chi connectivity index (χ1v) is 7.61. The van der Waals surface area contributed by atoms with Crippen molar-refractivity contribution < 1.29 is 9.53 Å². The topological polar surface area (TPSA) is 55.6 Å². The van der Waals surface area contributed by atoms with Crippen molar-refractivity contribution >= 4 is 11.6 Å². The average Bonchev–Trinajstić information content (AvgIpc) is 2.99. The molecule has 3 aromatic rings. The van der Waals surface area contributed by atoms with Gasteiger partial charge in [0.05, 0.1) is 0 Å². The van der Waals surface area contributed by atoms with Crippen LogP contribution in [0.1, 0.15) is 16.9 Å². The summed E-state index contributed by atoms with van der Waals surface area (Å²) in [5.41, 5.74) is 2.94. The van der Waals surface area contributed by atoms with Gasteiger partial charge in [0.2, 0.25) is 0 Å². The van der Waals surface area contributed by atoms with E-state index in [-0.39, 0.29) is 5.91 Å². The summed E-state index contributed by atoms with van der Waals surface area (Å²) in [5.74, 6) is -0.126. The Labute approximate surface area is 134 Å². The van der Waals surface area contributed by atoms with E-state index in [2.05, 4.69) is 10.3 Å². The monoisotopic (exact) mass is 309 g/mol. The number of pyridine rings is 1. The molecule has 1 aromatic carbocycles. The number of amides is 1. The van der Waals surface area contributed by atoms with Crippen LogP contribution in [0.2, 0.25) is 0 Å². The Hall–Kier alpha value is -2.66. The standard InChI is InChI=1S/C18H19N3O2/c1-23-13-7-11-19-18(22)17-16(14-8-3-2-4-9-14)20-15-10-5-6-12-21(15)17/h2-6,8-10,12H,7,11,13H2,1H3,(H,19,22). The number of benzene rings is 1. The van der Waals surface area contributed by atoms with Crippen molar-refractivity contribution in [2.75, 3.05) is 20.3 Å². The highest BCUT2D eigenvalue weighted by Gasteiger charge is 2.19. The zero-order valence-electron chi connectivity index (χ0n) is 13.0. The minimum absolute atomic E-state index is 0.126. The highest BCUT2D eigenvalue weighted by Crippen LogP contribution is 2.24.